The minimum Gasteiger partial charge on any atom is -0.336 e. The molecule has 1 aromatic rings. The van der Waals surface area contributed by atoms with Gasteiger partial charge >= 0.3 is 0 Å². The number of carbonyl (C=O) groups excluding carboxylic acids is 1. The number of hydrogen-bond donors (Lipinski definition) is 0. The van der Waals surface area contributed by atoms with Crippen LogP contribution in [0, 0.1) is 0 Å². The molecule has 0 bridgehead atoms. The van der Waals surface area contributed by atoms with E-state index in [2.05, 4.69) is 0 Å². The number of rotatable bonds is 4. The van der Waals surface area contributed by atoms with E-state index in [9.17, 15) is 4.79 Å². The summed E-state index contributed by atoms with van der Waals surface area (Å²) in [4.78, 5) is 14.0. The van der Waals surface area contributed by atoms with Crippen molar-refractivity contribution in [1.82, 2.24) is 4.90 Å². The van der Waals surface area contributed by atoms with Crippen molar-refractivity contribution < 1.29 is 4.79 Å². The van der Waals surface area contributed by atoms with Crippen LogP contribution in [-0.4, -0.2) is 23.2 Å². The van der Waals surface area contributed by atoms with E-state index in [1.807, 2.05) is 29.2 Å². The summed E-state index contributed by atoms with van der Waals surface area (Å²) in [5.74, 6) is 0.836. The predicted octanol–water partition coefficient (Wildman–Crippen LogP) is 4.02. The third-order valence-electron chi connectivity index (χ3n) is 3.35. The lowest BCUT2D eigenvalue weighted by Gasteiger charge is -2.36. The van der Waals surface area contributed by atoms with Gasteiger partial charge in [0.1, 0.15) is 0 Å². The zero-order valence-corrected chi connectivity index (χ0v) is 11.8. The molecule has 1 aliphatic heterocycles. The molecular formula is C14H17Cl2NO. The minimum absolute atomic E-state index is 0.187. The summed E-state index contributed by atoms with van der Waals surface area (Å²) in [6.45, 7) is 0.746. The maximum Gasteiger partial charge on any atom is 0.223 e. The van der Waals surface area contributed by atoms with Crippen LogP contribution in [0.3, 0.4) is 0 Å². The lowest BCUT2D eigenvalue weighted by Crippen LogP contribution is -2.39. The summed E-state index contributed by atoms with van der Waals surface area (Å²) in [5, 5.41) is 0.730. The van der Waals surface area contributed by atoms with Crippen molar-refractivity contribution in [2.24, 2.45) is 0 Å². The Kier molecular flexibility index (Phi) is 4.90. The van der Waals surface area contributed by atoms with Gasteiger partial charge in [0.05, 0.1) is 6.04 Å². The van der Waals surface area contributed by atoms with Gasteiger partial charge in [-0.1, -0.05) is 23.7 Å². The molecule has 18 heavy (non-hydrogen) atoms. The van der Waals surface area contributed by atoms with Gasteiger partial charge in [0.2, 0.25) is 5.91 Å². The molecule has 1 aliphatic rings. The van der Waals surface area contributed by atoms with Crippen molar-refractivity contribution >= 4 is 29.1 Å². The average Bonchev–Trinajstić information content (AvgIpc) is 2.38. The van der Waals surface area contributed by atoms with Crippen molar-refractivity contribution in [3.63, 3.8) is 0 Å². The van der Waals surface area contributed by atoms with E-state index in [-0.39, 0.29) is 11.9 Å². The van der Waals surface area contributed by atoms with Gasteiger partial charge in [0.15, 0.2) is 0 Å². The average molecular weight is 286 g/mol. The third kappa shape index (κ3) is 3.18. The molecule has 4 heteroatoms. The molecule has 0 aliphatic carbocycles. The summed E-state index contributed by atoms with van der Waals surface area (Å²) in [5.41, 5.74) is 1.17. The Morgan fingerprint density at radius 3 is 2.67 bits per heavy atom. The molecule has 1 unspecified atom stereocenters. The Morgan fingerprint density at radius 2 is 2.00 bits per heavy atom. The lowest BCUT2D eigenvalue weighted by atomic mass is 9.94. The zero-order valence-electron chi connectivity index (χ0n) is 10.2. The van der Waals surface area contributed by atoms with Crippen LogP contribution in [-0.2, 0) is 4.79 Å². The number of piperidine rings is 1. The van der Waals surface area contributed by atoms with E-state index in [0.717, 1.165) is 30.8 Å². The predicted molar refractivity (Wildman–Crippen MR) is 75.1 cm³/mol. The maximum atomic E-state index is 12.0. The number of alkyl halides is 1. The highest BCUT2D eigenvalue weighted by Crippen LogP contribution is 2.32. The van der Waals surface area contributed by atoms with E-state index in [1.165, 1.54) is 5.56 Å². The van der Waals surface area contributed by atoms with E-state index >= 15 is 0 Å². The van der Waals surface area contributed by atoms with Crippen LogP contribution in [0.4, 0.5) is 0 Å². The van der Waals surface area contributed by atoms with Crippen LogP contribution in [0.5, 0.6) is 0 Å². The molecule has 1 aromatic carbocycles. The molecule has 1 heterocycles. The number of likely N-dealkylation sites (tertiary alicyclic amines) is 1. The van der Waals surface area contributed by atoms with Crippen molar-refractivity contribution in [2.45, 2.75) is 31.7 Å². The molecule has 2 nitrogen and oxygen atoms in total. The monoisotopic (exact) mass is 285 g/mol. The van der Waals surface area contributed by atoms with Gasteiger partial charge in [-0.15, -0.1) is 11.6 Å². The van der Waals surface area contributed by atoms with Crippen molar-refractivity contribution in [3.8, 4) is 0 Å². The molecule has 1 fully saturated rings. The number of hydrogen-bond acceptors (Lipinski definition) is 1. The first-order chi connectivity index (χ1) is 8.72. The fraction of sp³-hybridized carbons (Fsp3) is 0.500. The van der Waals surface area contributed by atoms with Crippen molar-refractivity contribution in [2.75, 3.05) is 12.4 Å². The van der Waals surface area contributed by atoms with Gasteiger partial charge in [-0.3, -0.25) is 4.79 Å². The highest BCUT2D eigenvalue weighted by molar-refractivity contribution is 6.30. The Hall–Kier alpha value is -0.730. The minimum atomic E-state index is 0.187. The standard InChI is InChI=1S/C14H17Cl2NO/c15-9-2-10-17-13(3-1-4-14(17)18)11-5-7-12(16)8-6-11/h5-8,13H,1-4,9-10H2. The summed E-state index contributed by atoms with van der Waals surface area (Å²) >= 11 is 11.6. The fourth-order valence-electron chi connectivity index (χ4n) is 2.46. The molecule has 1 amide bonds. The molecule has 0 aromatic heterocycles. The van der Waals surface area contributed by atoms with E-state index in [0.29, 0.717) is 12.3 Å². The topological polar surface area (TPSA) is 20.3 Å². The molecule has 1 atom stereocenters. The third-order valence-corrected chi connectivity index (χ3v) is 3.87. The van der Waals surface area contributed by atoms with Crippen LogP contribution in [0.2, 0.25) is 5.02 Å². The second kappa shape index (κ2) is 6.44. The number of carbonyl (C=O) groups is 1. The van der Waals surface area contributed by atoms with Crippen LogP contribution in [0.1, 0.15) is 37.3 Å². The highest BCUT2D eigenvalue weighted by Gasteiger charge is 2.28. The Labute approximate surface area is 118 Å². The Morgan fingerprint density at radius 1 is 1.28 bits per heavy atom. The van der Waals surface area contributed by atoms with Gasteiger partial charge in [0, 0.05) is 23.9 Å². The highest BCUT2D eigenvalue weighted by atomic mass is 35.5. The summed E-state index contributed by atoms with van der Waals surface area (Å²) in [7, 11) is 0. The molecule has 0 radical (unpaired) electrons. The van der Waals surface area contributed by atoms with Gasteiger partial charge in [-0.05, 0) is 37.0 Å². The first kappa shape index (κ1) is 13.7. The summed E-state index contributed by atoms with van der Waals surface area (Å²) < 4.78 is 0. The fourth-order valence-corrected chi connectivity index (χ4v) is 2.71. The molecular weight excluding hydrogens is 269 g/mol. The molecule has 98 valence electrons. The number of benzene rings is 1. The van der Waals surface area contributed by atoms with E-state index in [1.54, 1.807) is 0 Å². The molecule has 0 spiro atoms. The lowest BCUT2D eigenvalue weighted by molar-refractivity contribution is -0.136. The largest absolute Gasteiger partial charge is 0.336 e. The van der Waals surface area contributed by atoms with Crippen molar-refractivity contribution in [3.05, 3.63) is 34.9 Å². The maximum absolute atomic E-state index is 12.0. The van der Waals surface area contributed by atoms with Crippen LogP contribution >= 0.6 is 23.2 Å². The van der Waals surface area contributed by atoms with Crippen LogP contribution in [0.15, 0.2) is 24.3 Å². The smallest absolute Gasteiger partial charge is 0.223 e. The van der Waals surface area contributed by atoms with Crippen LogP contribution in [0.25, 0.3) is 0 Å². The second-order valence-electron chi connectivity index (χ2n) is 4.59. The molecule has 0 N–H and O–H groups in total. The van der Waals surface area contributed by atoms with Crippen LogP contribution < -0.4 is 0 Å². The molecule has 2 rings (SSSR count). The zero-order chi connectivity index (χ0) is 13.0. The first-order valence-electron chi connectivity index (χ1n) is 6.33. The number of halogens is 2. The van der Waals surface area contributed by atoms with E-state index in [4.69, 9.17) is 23.2 Å². The second-order valence-corrected chi connectivity index (χ2v) is 5.40. The quantitative estimate of drug-likeness (QED) is 0.765. The van der Waals surface area contributed by atoms with E-state index < -0.39 is 0 Å². The first-order valence-corrected chi connectivity index (χ1v) is 7.24. The Bertz CT molecular complexity index is 405. The van der Waals surface area contributed by atoms with Gasteiger partial charge < -0.3 is 4.90 Å². The summed E-state index contributed by atoms with van der Waals surface area (Å²) in [6.07, 6.45) is 3.49. The molecule has 0 saturated carbocycles. The summed E-state index contributed by atoms with van der Waals surface area (Å²) in [6, 6.07) is 7.98. The van der Waals surface area contributed by atoms with Gasteiger partial charge in [-0.2, -0.15) is 0 Å². The normalized spacial score (nSPS) is 20.2. The number of nitrogens with zero attached hydrogens (tertiary/aromatic N) is 1. The van der Waals surface area contributed by atoms with Gasteiger partial charge in [-0.25, -0.2) is 0 Å². The molecule has 1 saturated heterocycles. The van der Waals surface area contributed by atoms with Gasteiger partial charge in [0.25, 0.3) is 0 Å². The Balaban J connectivity index is 2.16. The van der Waals surface area contributed by atoms with Crippen molar-refractivity contribution in [1.29, 1.82) is 0 Å². The number of amides is 1. The SMILES string of the molecule is O=C1CCCC(c2ccc(Cl)cc2)N1CCCCl.